The average Bonchev–Trinajstić information content (AvgIpc) is 3.26. The van der Waals surface area contributed by atoms with Gasteiger partial charge in [0.15, 0.2) is 22.7 Å². The number of ketones is 1. The zero-order chi connectivity index (χ0) is 26.6. The normalized spacial score (nSPS) is 18.6. The summed E-state index contributed by atoms with van der Waals surface area (Å²) in [6, 6.07) is 12.2. The predicted octanol–water partition coefficient (Wildman–Crippen LogP) is 2.86. The van der Waals surface area contributed by atoms with Crippen LogP contribution in [0.15, 0.2) is 64.2 Å². The quantitative estimate of drug-likeness (QED) is 0.460. The van der Waals surface area contributed by atoms with Crippen LogP contribution in [0.2, 0.25) is 0 Å². The van der Waals surface area contributed by atoms with Crippen LogP contribution in [0.3, 0.4) is 0 Å². The minimum Gasteiger partial charge on any atom is -0.451 e. The van der Waals surface area contributed by atoms with E-state index in [9.17, 15) is 22.8 Å². The van der Waals surface area contributed by atoms with E-state index in [1.54, 1.807) is 37.3 Å². The number of nitrogens with one attached hydrogen (secondary N) is 2. The molecule has 0 saturated carbocycles. The number of hydrogen-bond acceptors (Lipinski definition) is 7. The summed E-state index contributed by atoms with van der Waals surface area (Å²) in [5.74, 6) is -1.92. The van der Waals surface area contributed by atoms with Crippen LogP contribution in [-0.4, -0.2) is 54.1 Å². The Bertz CT molecular complexity index is 1360. The van der Waals surface area contributed by atoms with E-state index in [0.717, 1.165) is 9.69 Å². The third-order valence-corrected chi connectivity index (χ3v) is 8.35. The Morgan fingerprint density at radius 2 is 1.92 bits per heavy atom. The maximum atomic E-state index is 13.5. The van der Waals surface area contributed by atoms with Gasteiger partial charge in [0.25, 0.3) is 15.9 Å². The lowest BCUT2D eigenvalue weighted by atomic mass is 9.98. The topological polar surface area (TPSA) is 139 Å². The van der Waals surface area contributed by atoms with E-state index in [1.165, 1.54) is 12.3 Å². The number of carbonyl (C=O) groups excluding carboxylic acids is 3. The summed E-state index contributed by atoms with van der Waals surface area (Å²) in [5, 5.41) is 5.87. The first-order valence-electron chi connectivity index (χ1n) is 12.3. The Hall–Kier alpha value is -3.57. The van der Waals surface area contributed by atoms with Crippen molar-refractivity contribution in [2.75, 3.05) is 6.54 Å². The molecule has 1 aliphatic rings. The standard InChI is InChI=1S/C26H30N4O6S/c1-3-17(2)23(28-25(32)21-16-18-10-4-5-12-20(18)36-21)26(33)29-24-19(31)11-7-9-15-30(24)37(34,35)22-13-6-8-14-27-22/h4-6,8,10,12-14,16-17,23-24H,3,7,9,11,15H2,1-2H3,(H,28,32)(H,29,33)/t17?,23?,24-/m0/s1. The number of benzene rings is 1. The molecule has 1 aromatic carbocycles. The van der Waals surface area contributed by atoms with Gasteiger partial charge in [-0.25, -0.2) is 13.4 Å². The Kier molecular flexibility index (Phi) is 8.03. The molecule has 1 fully saturated rings. The van der Waals surface area contributed by atoms with Crippen molar-refractivity contribution in [1.82, 2.24) is 19.9 Å². The van der Waals surface area contributed by atoms with Crippen molar-refractivity contribution in [3.63, 3.8) is 0 Å². The number of Topliss-reactive ketones (excluding diaryl/α,β-unsaturated/α-hetero) is 1. The Morgan fingerprint density at radius 3 is 2.62 bits per heavy atom. The second-order valence-electron chi connectivity index (χ2n) is 9.10. The first-order chi connectivity index (χ1) is 17.7. The number of pyridine rings is 1. The molecule has 2 aromatic heterocycles. The molecule has 3 heterocycles. The molecule has 0 radical (unpaired) electrons. The molecular weight excluding hydrogens is 496 g/mol. The van der Waals surface area contributed by atoms with Gasteiger partial charge in [-0.15, -0.1) is 0 Å². The molecule has 1 saturated heterocycles. The average molecular weight is 527 g/mol. The number of hydrogen-bond donors (Lipinski definition) is 2. The highest BCUT2D eigenvalue weighted by Gasteiger charge is 2.40. The van der Waals surface area contributed by atoms with Gasteiger partial charge in [-0.2, -0.15) is 4.31 Å². The molecule has 2 amide bonds. The molecule has 3 aromatic rings. The number of aromatic nitrogens is 1. The Balaban J connectivity index is 1.59. The Labute approximate surface area is 215 Å². The molecule has 196 valence electrons. The lowest BCUT2D eigenvalue weighted by Gasteiger charge is -2.31. The van der Waals surface area contributed by atoms with Crippen LogP contribution in [0.1, 0.15) is 50.1 Å². The molecule has 3 atom stereocenters. The van der Waals surface area contributed by atoms with Crippen molar-refractivity contribution < 1.29 is 27.2 Å². The van der Waals surface area contributed by atoms with Crippen molar-refractivity contribution in [3.05, 3.63) is 60.5 Å². The molecule has 2 unspecified atom stereocenters. The number of para-hydroxylation sites is 1. The van der Waals surface area contributed by atoms with E-state index in [-0.39, 0.29) is 29.7 Å². The minimum atomic E-state index is -4.16. The number of rotatable bonds is 8. The number of sulfonamides is 1. The van der Waals surface area contributed by atoms with Gasteiger partial charge in [0.1, 0.15) is 11.6 Å². The number of amides is 2. The lowest BCUT2D eigenvalue weighted by molar-refractivity contribution is -0.131. The summed E-state index contributed by atoms with van der Waals surface area (Å²) < 4.78 is 33.3. The van der Waals surface area contributed by atoms with Crippen LogP contribution in [-0.2, 0) is 19.6 Å². The molecule has 4 rings (SSSR count). The van der Waals surface area contributed by atoms with E-state index < -0.39 is 39.8 Å². The minimum absolute atomic E-state index is 0.0483. The number of fused-ring (bicyclic) bond motifs is 1. The first-order valence-corrected chi connectivity index (χ1v) is 13.7. The number of carbonyl (C=O) groups is 3. The van der Waals surface area contributed by atoms with Crippen LogP contribution >= 0.6 is 0 Å². The summed E-state index contributed by atoms with van der Waals surface area (Å²) >= 11 is 0. The van der Waals surface area contributed by atoms with Crippen LogP contribution in [0, 0.1) is 5.92 Å². The third-order valence-electron chi connectivity index (χ3n) is 6.57. The third kappa shape index (κ3) is 5.72. The van der Waals surface area contributed by atoms with E-state index >= 15 is 0 Å². The smallest absolute Gasteiger partial charge is 0.287 e. The first kappa shape index (κ1) is 26.5. The van der Waals surface area contributed by atoms with Crippen molar-refractivity contribution >= 4 is 38.6 Å². The maximum absolute atomic E-state index is 13.5. The zero-order valence-corrected chi connectivity index (χ0v) is 21.5. The zero-order valence-electron chi connectivity index (χ0n) is 20.7. The van der Waals surface area contributed by atoms with Gasteiger partial charge < -0.3 is 15.1 Å². The van der Waals surface area contributed by atoms with Gasteiger partial charge in [-0.1, -0.05) is 44.5 Å². The van der Waals surface area contributed by atoms with E-state index in [1.807, 2.05) is 19.1 Å². The van der Waals surface area contributed by atoms with E-state index in [4.69, 9.17) is 4.42 Å². The SMILES string of the molecule is CCC(C)C(NC(=O)c1cc2ccccc2o1)C(=O)N[C@@H]1C(=O)CCCCN1S(=O)(=O)c1ccccn1. The highest BCUT2D eigenvalue weighted by molar-refractivity contribution is 7.89. The highest BCUT2D eigenvalue weighted by Crippen LogP contribution is 2.22. The van der Waals surface area contributed by atoms with Crippen LogP contribution in [0.5, 0.6) is 0 Å². The number of nitrogens with zero attached hydrogens (tertiary/aromatic N) is 2. The molecule has 11 heteroatoms. The molecule has 1 aliphatic heterocycles. The second kappa shape index (κ2) is 11.2. The predicted molar refractivity (Wildman–Crippen MR) is 136 cm³/mol. The molecule has 0 bridgehead atoms. The van der Waals surface area contributed by atoms with Gasteiger partial charge in [0.2, 0.25) is 5.91 Å². The lowest BCUT2D eigenvalue weighted by Crippen LogP contribution is -2.59. The largest absolute Gasteiger partial charge is 0.451 e. The molecular formula is C26H30N4O6S. The van der Waals surface area contributed by atoms with Crippen molar-refractivity contribution in [1.29, 1.82) is 0 Å². The van der Waals surface area contributed by atoms with Crippen molar-refractivity contribution in [2.24, 2.45) is 5.92 Å². The number of furan rings is 1. The van der Waals surface area contributed by atoms with Crippen LogP contribution in [0.25, 0.3) is 11.0 Å². The summed E-state index contributed by atoms with van der Waals surface area (Å²) in [4.78, 5) is 43.4. The molecule has 10 nitrogen and oxygen atoms in total. The highest BCUT2D eigenvalue weighted by atomic mass is 32.2. The van der Waals surface area contributed by atoms with E-state index in [0.29, 0.717) is 24.8 Å². The second-order valence-corrected chi connectivity index (χ2v) is 10.9. The van der Waals surface area contributed by atoms with Gasteiger partial charge in [0.05, 0.1) is 0 Å². The summed E-state index contributed by atoms with van der Waals surface area (Å²) in [6.45, 7) is 3.71. The maximum Gasteiger partial charge on any atom is 0.287 e. The fourth-order valence-electron chi connectivity index (χ4n) is 4.26. The van der Waals surface area contributed by atoms with E-state index in [2.05, 4.69) is 15.6 Å². The van der Waals surface area contributed by atoms with Crippen molar-refractivity contribution in [2.45, 2.75) is 56.8 Å². The summed E-state index contributed by atoms with van der Waals surface area (Å²) in [6.07, 6.45) is 1.58. The van der Waals surface area contributed by atoms with Gasteiger partial charge in [0, 0.05) is 24.5 Å². The monoisotopic (exact) mass is 526 g/mol. The van der Waals surface area contributed by atoms with Gasteiger partial charge in [-0.05, 0) is 43.0 Å². The molecule has 2 N–H and O–H groups in total. The van der Waals surface area contributed by atoms with Crippen LogP contribution in [0.4, 0.5) is 0 Å². The van der Waals surface area contributed by atoms with Gasteiger partial charge >= 0.3 is 0 Å². The fraction of sp³-hybridized carbons (Fsp3) is 0.385. The molecule has 0 spiro atoms. The van der Waals surface area contributed by atoms with Gasteiger partial charge in [-0.3, -0.25) is 14.4 Å². The van der Waals surface area contributed by atoms with Crippen molar-refractivity contribution in [3.8, 4) is 0 Å². The fourth-order valence-corrected chi connectivity index (χ4v) is 5.76. The molecule has 37 heavy (non-hydrogen) atoms. The van der Waals surface area contributed by atoms with Crippen LogP contribution < -0.4 is 10.6 Å². The summed E-state index contributed by atoms with van der Waals surface area (Å²) in [7, 11) is -4.16. The Morgan fingerprint density at radius 1 is 1.16 bits per heavy atom. The summed E-state index contributed by atoms with van der Waals surface area (Å²) in [5.41, 5.74) is 0.539. The molecule has 0 aliphatic carbocycles.